The molecule has 2 heterocycles. The Bertz CT molecular complexity index is 1310. The predicted octanol–water partition coefficient (Wildman–Crippen LogP) is 3.28. The monoisotopic (exact) mass is 447 g/mol. The smallest absolute Gasteiger partial charge is 0.266 e. The van der Waals surface area contributed by atoms with E-state index in [1.54, 1.807) is 0 Å². The van der Waals surface area contributed by atoms with Crippen molar-refractivity contribution < 1.29 is 17.6 Å². The summed E-state index contributed by atoms with van der Waals surface area (Å²) in [4.78, 5) is 17.8. The van der Waals surface area contributed by atoms with E-state index >= 15 is 0 Å². The predicted molar refractivity (Wildman–Crippen MR) is 114 cm³/mol. The van der Waals surface area contributed by atoms with Crippen molar-refractivity contribution >= 4 is 37.5 Å². The van der Waals surface area contributed by atoms with Crippen molar-refractivity contribution in [3.05, 3.63) is 58.1 Å². The number of carbonyl (C=O) groups excluding carboxylic acids is 1. The highest BCUT2D eigenvalue weighted by Crippen LogP contribution is 2.27. The van der Waals surface area contributed by atoms with E-state index < -0.39 is 27.8 Å². The Labute approximate surface area is 178 Å². The first-order valence-corrected chi connectivity index (χ1v) is 11.9. The Balaban J connectivity index is 1.71. The van der Waals surface area contributed by atoms with Gasteiger partial charge in [0.1, 0.15) is 11.9 Å². The molecule has 1 aromatic heterocycles. The summed E-state index contributed by atoms with van der Waals surface area (Å²) in [7, 11) is -2.05. The molecule has 2 aromatic carbocycles. The van der Waals surface area contributed by atoms with Gasteiger partial charge in [0.2, 0.25) is 10.0 Å². The number of nitrogens with zero attached hydrogens (tertiary/aromatic N) is 3. The van der Waals surface area contributed by atoms with Crippen LogP contribution in [0.25, 0.3) is 10.2 Å². The molecule has 0 aliphatic carbocycles. The van der Waals surface area contributed by atoms with Crippen LogP contribution in [-0.2, 0) is 21.9 Å². The zero-order valence-corrected chi connectivity index (χ0v) is 18.6. The minimum Gasteiger partial charge on any atom is -0.319 e. The van der Waals surface area contributed by atoms with Gasteiger partial charge >= 0.3 is 0 Å². The lowest BCUT2D eigenvalue weighted by Gasteiger charge is -2.21. The number of aromatic nitrogens is 1. The van der Waals surface area contributed by atoms with Gasteiger partial charge in [0.25, 0.3) is 5.91 Å². The molecule has 1 unspecified atom stereocenters. The molecule has 0 spiro atoms. The molecule has 1 fully saturated rings. The molecule has 1 aliphatic heterocycles. The van der Waals surface area contributed by atoms with E-state index in [1.807, 2.05) is 31.5 Å². The second kappa shape index (κ2) is 7.72. The summed E-state index contributed by atoms with van der Waals surface area (Å²) in [6.45, 7) is 4.27. The van der Waals surface area contributed by atoms with Gasteiger partial charge in [0.15, 0.2) is 4.80 Å². The van der Waals surface area contributed by atoms with Gasteiger partial charge in [-0.25, -0.2) is 12.8 Å². The lowest BCUT2D eigenvalue weighted by molar-refractivity contribution is -0.121. The Hall–Kier alpha value is -2.36. The molecule has 1 saturated heterocycles. The molecular weight excluding hydrogens is 425 g/mol. The molecule has 3 aromatic rings. The first-order chi connectivity index (χ1) is 14.2. The fourth-order valence-electron chi connectivity index (χ4n) is 3.86. The summed E-state index contributed by atoms with van der Waals surface area (Å²) in [6.07, 6.45) is 0.985. The third-order valence-corrected chi connectivity index (χ3v) is 8.56. The summed E-state index contributed by atoms with van der Waals surface area (Å²) >= 11 is 1.42. The fourth-order valence-corrected chi connectivity index (χ4v) is 6.58. The molecule has 0 radical (unpaired) electrons. The lowest BCUT2D eigenvalue weighted by atomic mass is 10.1. The second-order valence-electron chi connectivity index (χ2n) is 7.55. The number of amides is 1. The average Bonchev–Trinajstić information content (AvgIpc) is 3.29. The minimum absolute atomic E-state index is 0.0258. The standard InChI is InChI=1S/C21H22FN3O3S2/c1-13-11-14(2)19-18(12-13)24(3)21(29-19)23-20(26)17-5-4-10-25(17)30(27,28)16-8-6-15(22)7-9-16/h6-9,11-12,17H,4-5,10H2,1-3H3. The van der Waals surface area contributed by atoms with Crippen LogP contribution in [-0.4, -0.2) is 35.8 Å². The molecule has 30 heavy (non-hydrogen) atoms. The Morgan fingerprint density at radius 3 is 2.60 bits per heavy atom. The van der Waals surface area contributed by atoms with Gasteiger partial charge in [-0.1, -0.05) is 17.4 Å². The highest BCUT2D eigenvalue weighted by Gasteiger charge is 2.39. The van der Waals surface area contributed by atoms with Crippen LogP contribution in [0, 0.1) is 19.7 Å². The van der Waals surface area contributed by atoms with E-state index in [1.165, 1.54) is 27.8 Å². The first-order valence-electron chi connectivity index (χ1n) is 9.61. The maximum Gasteiger partial charge on any atom is 0.266 e. The Kier molecular flexibility index (Phi) is 5.37. The third-order valence-electron chi connectivity index (χ3n) is 5.36. The molecule has 1 atom stereocenters. The third kappa shape index (κ3) is 3.61. The van der Waals surface area contributed by atoms with Gasteiger partial charge in [-0.2, -0.15) is 9.30 Å². The maximum atomic E-state index is 13.2. The Morgan fingerprint density at radius 1 is 1.20 bits per heavy atom. The van der Waals surface area contributed by atoms with Crippen LogP contribution >= 0.6 is 11.3 Å². The van der Waals surface area contributed by atoms with Crippen LogP contribution in [0.1, 0.15) is 24.0 Å². The molecule has 1 amide bonds. The molecule has 6 nitrogen and oxygen atoms in total. The summed E-state index contributed by atoms with van der Waals surface area (Å²) in [5.74, 6) is -0.990. The number of hydrogen-bond acceptors (Lipinski definition) is 4. The summed E-state index contributed by atoms with van der Waals surface area (Å²) < 4.78 is 43.3. The largest absolute Gasteiger partial charge is 0.319 e. The topological polar surface area (TPSA) is 71.7 Å². The number of fused-ring (bicyclic) bond motifs is 1. The lowest BCUT2D eigenvalue weighted by Crippen LogP contribution is -2.40. The molecule has 9 heteroatoms. The van der Waals surface area contributed by atoms with E-state index in [2.05, 4.69) is 11.1 Å². The first kappa shape index (κ1) is 20.9. The van der Waals surface area contributed by atoms with Crippen molar-refractivity contribution in [1.29, 1.82) is 0 Å². The molecule has 0 bridgehead atoms. The van der Waals surface area contributed by atoms with Gasteiger partial charge in [0, 0.05) is 13.6 Å². The van der Waals surface area contributed by atoms with Crippen LogP contribution in [0.15, 0.2) is 46.3 Å². The Morgan fingerprint density at radius 2 is 1.90 bits per heavy atom. The van der Waals surface area contributed by atoms with Gasteiger partial charge in [0.05, 0.1) is 15.1 Å². The van der Waals surface area contributed by atoms with Crippen molar-refractivity contribution in [2.75, 3.05) is 6.54 Å². The SMILES string of the molecule is Cc1cc(C)c2sc(=NC(=O)C3CCCN3S(=O)(=O)c3ccc(F)cc3)n(C)c2c1. The zero-order valence-electron chi connectivity index (χ0n) is 16.9. The fraction of sp³-hybridized carbons (Fsp3) is 0.333. The van der Waals surface area contributed by atoms with E-state index in [4.69, 9.17) is 0 Å². The van der Waals surface area contributed by atoms with Crippen molar-refractivity contribution in [2.24, 2.45) is 12.0 Å². The highest BCUT2D eigenvalue weighted by atomic mass is 32.2. The van der Waals surface area contributed by atoms with E-state index in [0.717, 1.165) is 33.5 Å². The number of carbonyl (C=O) groups is 1. The van der Waals surface area contributed by atoms with Crippen LogP contribution in [0.2, 0.25) is 0 Å². The quantitative estimate of drug-likeness (QED) is 0.619. The van der Waals surface area contributed by atoms with Crippen LogP contribution in [0.4, 0.5) is 4.39 Å². The van der Waals surface area contributed by atoms with Gasteiger partial charge < -0.3 is 4.57 Å². The number of hydrogen-bond donors (Lipinski definition) is 0. The van der Waals surface area contributed by atoms with Crippen LogP contribution in [0.5, 0.6) is 0 Å². The average molecular weight is 448 g/mol. The normalized spacial score (nSPS) is 18.4. The van der Waals surface area contributed by atoms with Crippen molar-refractivity contribution in [1.82, 2.24) is 8.87 Å². The number of halogens is 1. The van der Waals surface area contributed by atoms with Gasteiger partial charge in [-0.3, -0.25) is 4.79 Å². The van der Waals surface area contributed by atoms with E-state index in [-0.39, 0.29) is 11.4 Å². The van der Waals surface area contributed by atoms with E-state index in [9.17, 15) is 17.6 Å². The van der Waals surface area contributed by atoms with E-state index in [0.29, 0.717) is 17.6 Å². The number of thiazole rings is 1. The van der Waals surface area contributed by atoms with Crippen molar-refractivity contribution in [3.8, 4) is 0 Å². The summed E-state index contributed by atoms with van der Waals surface area (Å²) in [5.41, 5.74) is 3.23. The minimum atomic E-state index is -3.91. The van der Waals surface area contributed by atoms with Gasteiger partial charge in [-0.05, 0) is 68.1 Å². The number of rotatable bonds is 3. The maximum absolute atomic E-state index is 13.2. The molecule has 1 aliphatic rings. The van der Waals surface area contributed by atoms with Crippen molar-refractivity contribution in [2.45, 2.75) is 37.6 Å². The van der Waals surface area contributed by atoms with Crippen LogP contribution in [0.3, 0.4) is 0 Å². The highest BCUT2D eigenvalue weighted by molar-refractivity contribution is 7.89. The number of sulfonamides is 1. The second-order valence-corrected chi connectivity index (χ2v) is 10.4. The number of aryl methyl sites for hydroxylation is 3. The molecule has 158 valence electrons. The molecular formula is C21H22FN3O3S2. The van der Waals surface area contributed by atoms with Crippen molar-refractivity contribution in [3.63, 3.8) is 0 Å². The van der Waals surface area contributed by atoms with Crippen LogP contribution < -0.4 is 4.80 Å². The molecule has 0 N–H and O–H groups in total. The summed E-state index contributed by atoms with van der Waals surface area (Å²) in [6, 6.07) is 7.92. The molecule has 0 saturated carbocycles. The number of benzene rings is 2. The zero-order chi connectivity index (χ0) is 21.6. The molecule has 4 rings (SSSR count). The van der Waals surface area contributed by atoms with Gasteiger partial charge in [-0.15, -0.1) is 0 Å². The summed E-state index contributed by atoms with van der Waals surface area (Å²) in [5, 5.41) is 0.